The maximum absolute atomic E-state index is 13.2. The normalized spacial score (nSPS) is 15.6. The number of morpholine rings is 1. The fourth-order valence-corrected chi connectivity index (χ4v) is 5.48. The maximum atomic E-state index is 13.2. The largest absolute Gasteiger partial charge is 0.418 e. The number of anilines is 1. The molecule has 35 heavy (non-hydrogen) atoms. The molecule has 0 aliphatic carbocycles. The number of aromatic nitrogens is 1. The third-order valence-electron chi connectivity index (χ3n) is 5.78. The summed E-state index contributed by atoms with van der Waals surface area (Å²) in [6.45, 7) is 5.03. The number of alkyl halides is 3. The van der Waals surface area contributed by atoms with Crippen molar-refractivity contribution in [2.24, 2.45) is 5.10 Å². The highest BCUT2D eigenvalue weighted by Gasteiger charge is 2.33. The maximum Gasteiger partial charge on any atom is 0.418 e. The van der Waals surface area contributed by atoms with Crippen molar-refractivity contribution in [1.29, 1.82) is 0 Å². The lowest BCUT2D eigenvalue weighted by Crippen LogP contribution is -2.40. The average Bonchev–Trinajstić information content (AvgIpc) is 3.12. The van der Waals surface area contributed by atoms with E-state index in [0.29, 0.717) is 37.6 Å². The van der Waals surface area contributed by atoms with Gasteiger partial charge < -0.3 is 9.30 Å². The molecule has 0 saturated carbocycles. The van der Waals surface area contributed by atoms with Crippen LogP contribution in [0.5, 0.6) is 0 Å². The summed E-state index contributed by atoms with van der Waals surface area (Å²) >= 11 is 0. The van der Waals surface area contributed by atoms with Crippen molar-refractivity contribution in [3.63, 3.8) is 0 Å². The van der Waals surface area contributed by atoms with E-state index in [1.165, 1.54) is 28.7 Å². The Hall–Kier alpha value is -3.15. The van der Waals surface area contributed by atoms with Crippen LogP contribution in [0.1, 0.15) is 22.5 Å². The van der Waals surface area contributed by atoms with E-state index >= 15 is 0 Å². The Morgan fingerprint density at radius 3 is 2.46 bits per heavy atom. The zero-order valence-corrected chi connectivity index (χ0v) is 20.0. The summed E-state index contributed by atoms with van der Waals surface area (Å²) in [7, 11) is -3.66. The highest BCUT2D eigenvalue weighted by atomic mass is 32.2. The molecule has 1 saturated heterocycles. The van der Waals surface area contributed by atoms with E-state index in [4.69, 9.17) is 4.74 Å². The Morgan fingerprint density at radius 2 is 1.74 bits per heavy atom. The molecule has 1 aliphatic rings. The summed E-state index contributed by atoms with van der Waals surface area (Å²) in [6, 6.07) is 13.6. The van der Waals surface area contributed by atoms with E-state index in [1.54, 1.807) is 24.3 Å². The van der Waals surface area contributed by atoms with Gasteiger partial charge in [0.25, 0.3) is 0 Å². The number of sulfonamides is 1. The quantitative estimate of drug-likeness (QED) is 0.392. The van der Waals surface area contributed by atoms with Gasteiger partial charge in [-0.05, 0) is 50.2 Å². The molecule has 1 fully saturated rings. The van der Waals surface area contributed by atoms with Crippen LogP contribution in [0.2, 0.25) is 0 Å². The smallest absolute Gasteiger partial charge is 0.379 e. The van der Waals surface area contributed by atoms with Crippen molar-refractivity contribution in [3.8, 4) is 5.69 Å². The van der Waals surface area contributed by atoms with E-state index in [-0.39, 0.29) is 10.6 Å². The van der Waals surface area contributed by atoms with Crippen LogP contribution in [0.25, 0.3) is 5.69 Å². The van der Waals surface area contributed by atoms with Crippen LogP contribution >= 0.6 is 0 Å². The summed E-state index contributed by atoms with van der Waals surface area (Å²) in [5.74, 6) is 0. The van der Waals surface area contributed by atoms with Gasteiger partial charge in [-0.25, -0.2) is 8.42 Å². The molecule has 0 bridgehead atoms. The second kappa shape index (κ2) is 9.84. The number of para-hydroxylation sites is 1. The van der Waals surface area contributed by atoms with Crippen LogP contribution in [0.4, 0.5) is 18.9 Å². The molecule has 2 heterocycles. The van der Waals surface area contributed by atoms with Crippen molar-refractivity contribution in [3.05, 3.63) is 77.1 Å². The van der Waals surface area contributed by atoms with Crippen LogP contribution in [0, 0.1) is 13.8 Å². The molecular weight excluding hydrogens is 481 g/mol. The van der Waals surface area contributed by atoms with Gasteiger partial charge in [-0.1, -0.05) is 18.2 Å². The van der Waals surface area contributed by atoms with E-state index in [1.807, 2.05) is 24.5 Å². The van der Waals surface area contributed by atoms with Gasteiger partial charge in [-0.3, -0.25) is 5.43 Å². The molecule has 0 unspecified atom stereocenters. The molecular formula is C24H25F3N4O3S. The molecule has 1 N–H and O–H groups in total. The molecule has 3 aromatic rings. The number of nitrogens with one attached hydrogen (secondary N) is 1. The number of hydrogen-bond acceptors (Lipinski definition) is 5. The van der Waals surface area contributed by atoms with Gasteiger partial charge >= 0.3 is 6.18 Å². The van der Waals surface area contributed by atoms with Crippen LogP contribution in [-0.4, -0.2) is 49.8 Å². The third kappa shape index (κ3) is 5.26. The van der Waals surface area contributed by atoms with Gasteiger partial charge in [0.15, 0.2) is 0 Å². The van der Waals surface area contributed by atoms with Gasteiger partial charge in [0.05, 0.1) is 35.6 Å². The van der Waals surface area contributed by atoms with Crippen LogP contribution in [0.15, 0.2) is 64.6 Å². The van der Waals surface area contributed by atoms with Crippen molar-refractivity contribution < 1.29 is 26.3 Å². The Balaban J connectivity index is 1.60. The Labute approximate surface area is 201 Å². The molecule has 0 atom stereocenters. The number of ether oxygens (including phenoxy) is 1. The van der Waals surface area contributed by atoms with E-state index in [0.717, 1.165) is 17.5 Å². The lowest BCUT2D eigenvalue weighted by Gasteiger charge is -2.26. The van der Waals surface area contributed by atoms with Crippen molar-refractivity contribution >= 4 is 21.9 Å². The molecule has 186 valence electrons. The zero-order chi connectivity index (χ0) is 25.2. The zero-order valence-electron chi connectivity index (χ0n) is 19.2. The van der Waals surface area contributed by atoms with E-state index in [2.05, 4.69) is 10.5 Å². The summed E-state index contributed by atoms with van der Waals surface area (Å²) in [4.78, 5) is 0.185. The minimum Gasteiger partial charge on any atom is -0.379 e. The topological polar surface area (TPSA) is 75.9 Å². The summed E-state index contributed by atoms with van der Waals surface area (Å²) in [5, 5.41) is 4.01. The number of benzene rings is 2. The molecule has 2 aromatic carbocycles. The molecule has 1 aliphatic heterocycles. The number of nitrogens with zero attached hydrogens (tertiary/aromatic N) is 3. The first kappa shape index (κ1) is 25.0. The highest BCUT2D eigenvalue weighted by molar-refractivity contribution is 7.89. The second-order valence-corrected chi connectivity index (χ2v) is 10.0. The summed E-state index contributed by atoms with van der Waals surface area (Å²) in [5.41, 5.74) is 4.44. The van der Waals surface area contributed by atoms with E-state index < -0.39 is 21.8 Å². The van der Waals surface area contributed by atoms with Crippen molar-refractivity contribution in [2.75, 3.05) is 31.7 Å². The summed E-state index contributed by atoms with van der Waals surface area (Å²) in [6.07, 6.45) is -3.05. The third-order valence-corrected chi connectivity index (χ3v) is 7.67. The Morgan fingerprint density at radius 1 is 1.03 bits per heavy atom. The van der Waals surface area contributed by atoms with Gasteiger partial charge in [-0.2, -0.15) is 22.6 Å². The number of hydrogen-bond donors (Lipinski definition) is 1. The number of hydrazone groups is 1. The van der Waals surface area contributed by atoms with Gasteiger partial charge in [0, 0.05) is 35.7 Å². The predicted octanol–water partition coefficient (Wildman–Crippen LogP) is 4.58. The van der Waals surface area contributed by atoms with Crippen LogP contribution in [0.3, 0.4) is 0 Å². The molecule has 7 nitrogen and oxygen atoms in total. The monoisotopic (exact) mass is 506 g/mol. The first-order valence-corrected chi connectivity index (χ1v) is 12.4. The van der Waals surface area contributed by atoms with Crippen LogP contribution < -0.4 is 5.43 Å². The Bertz CT molecular complexity index is 1340. The standard InChI is InChI=1S/C24H25F3N4O3S/c1-17-14-19(16-28-29-23-9-4-3-8-22(23)24(25,26)27)18(2)31(17)20-6-5-7-21(15-20)35(32,33)30-10-12-34-13-11-30/h3-9,14-16,29H,10-13H2,1-2H3/b28-16+. The number of halogens is 3. The molecule has 0 spiro atoms. The lowest BCUT2D eigenvalue weighted by atomic mass is 10.2. The van der Waals surface area contributed by atoms with Gasteiger partial charge in [0.2, 0.25) is 10.0 Å². The van der Waals surface area contributed by atoms with Crippen molar-refractivity contribution in [1.82, 2.24) is 8.87 Å². The first-order valence-electron chi connectivity index (χ1n) is 10.9. The van der Waals surface area contributed by atoms with Crippen LogP contribution in [-0.2, 0) is 20.9 Å². The molecule has 0 radical (unpaired) electrons. The minimum atomic E-state index is -4.50. The predicted molar refractivity (Wildman–Crippen MR) is 127 cm³/mol. The molecule has 0 amide bonds. The highest BCUT2D eigenvalue weighted by Crippen LogP contribution is 2.34. The SMILES string of the molecule is Cc1cc(/C=N/Nc2ccccc2C(F)(F)F)c(C)n1-c1cccc(S(=O)(=O)N2CCOCC2)c1. The number of rotatable bonds is 6. The number of aryl methyl sites for hydroxylation is 1. The fraction of sp³-hybridized carbons (Fsp3) is 0.292. The van der Waals surface area contributed by atoms with Crippen molar-refractivity contribution in [2.45, 2.75) is 24.9 Å². The molecule has 11 heteroatoms. The van der Waals surface area contributed by atoms with Gasteiger partial charge in [0.1, 0.15) is 0 Å². The fourth-order valence-electron chi connectivity index (χ4n) is 4.03. The lowest BCUT2D eigenvalue weighted by molar-refractivity contribution is -0.136. The second-order valence-electron chi connectivity index (χ2n) is 8.09. The van der Waals surface area contributed by atoms with E-state index in [9.17, 15) is 21.6 Å². The average molecular weight is 507 g/mol. The summed E-state index contributed by atoms with van der Waals surface area (Å²) < 4.78 is 74.3. The molecule has 1 aromatic heterocycles. The first-order chi connectivity index (χ1) is 16.6. The molecule has 4 rings (SSSR count). The van der Waals surface area contributed by atoms with Gasteiger partial charge in [-0.15, -0.1) is 0 Å². The minimum absolute atomic E-state index is 0.147. The Kier molecular flexibility index (Phi) is 7.02.